The van der Waals surface area contributed by atoms with Gasteiger partial charge in [-0.2, -0.15) is 0 Å². The second-order valence-electron chi connectivity index (χ2n) is 4.73. The van der Waals surface area contributed by atoms with Crippen LogP contribution in [-0.2, 0) is 4.74 Å². The summed E-state index contributed by atoms with van der Waals surface area (Å²) in [7, 11) is 0. The van der Waals surface area contributed by atoms with E-state index in [1.165, 1.54) is 18.4 Å². The first-order valence-corrected chi connectivity index (χ1v) is 6.21. The predicted octanol–water partition coefficient (Wildman–Crippen LogP) is 2.75. The van der Waals surface area contributed by atoms with Gasteiger partial charge in [0, 0.05) is 12.6 Å². The summed E-state index contributed by atoms with van der Waals surface area (Å²) in [5.41, 5.74) is 1.41. The van der Waals surface area contributed by atoms with Gasteiger partial charge in [-0.05, 0) is 31.3 Å². The van der Waals surface area contributed by atoms with Crippen LogP contribution >= 0.6 is 0 Å². The normalized spacial score (nSPS) is 20.9. The molecule has 0 saturated carbocycles. The number of hydrogen-bond acceptors (Lipinski definition) is 2. The fraction of sp³-hybridized carbons (Fsp3) is 0.846. The third kappa shape index (κ3) is 5.33. The Kier molecular flexibility index (Phi) is 5.96. The Morgan fingerprint density at radius 3 is 2.87 bits per heavy atom. The summed E-state index contributed by atoms with van der Waals surface area (Å²) >= 11 is 0. The smallest absolute Gasteiger partial charge is 0.0689 e. The lowest BCUT2D eigenvalue weighted by Crippen LogP contribution is -2.31. The molecule has 0 bridgehead atoms. The Morgan fingerprint density at radius 2 is 2.27 bits per heavy atom. The average molecular weight is 211 g/mol. The van der Waals surface area contributed by atoms with Crippen LogP contribution in [-0.4, -0.2) is 25.8 Å². The van der Waals surface area contributed by atoms with Gasteiger partial charge in [-0.15, -0.1) is 0 Å². The van der Waals surface area contributed by atoms with Gasteiger partial charge in [-0.3, -0.25) is 0 Å². The zero-order valence-electron chi connectivity index (χ0n) is 10.4. The van der Waals surface area contributed by atoms with Gasteiger partial charge in [0.15, 0.2) is 0 Å². The molecule has 1 aliphatic rings. The molecule has 2 heteroatoms. The minimum atomic E-state index is 0.614. The first kappa shape index (κ1) is 12.7. The van der Waals surface area contributed by atoms with Crippen LogP contribution < -0.4 is 5.32 Å². The average Bonchev–Trinajstić information content (AvgIpc) is 2.27. The number of hydrogen-bond donors (Lipinski definition) is 1. The summed E-state index contributed by atoms with van der Waals surface area (Å²) in [5, 5.41) is 3.57. The quantitative estimate of drug-likeness (QED) is 0.682. The molecule has 1 N–H and O–H groups in total. The molecular weight excluding hydrogens is 186 g/mol. The summed E-state index contributed by atoms with van der Waals surface area (Å²) in [5.74, 6) is 0.823. The van der Waals surface area contributed by atoms with Crippen LogP contribution in [0.2, 0.25) is 0 Å². The van der Waals surface area contributed by atoms with Gasteiger partial charge < -0.3 is 10.1 Å². The molecule has 0 amide bonds. The Hall–Kier alpha value is -0.340. The molecule has 15 heavy (non-hydrogen) atoms. The minimum Gasteiger partial charge on any atom is -0.377 e. The number of rotatable bonds is 6. The van der Waals surface area contributed by atoms with Crippen molar-refractivity contribution < 1.29 is 4.74 Å². The van der Waals surface area contributed by atoms with Crippen molar-refractivity contribution in [3.8, 4) is 0 Å². The fourth-order valence-electron chi connectivity index (χ4n) is 1.89. The van der Waals surface area contributed by atoms with Crippen molar-refractivity contribution in [3.63, 3.8) is 0 Å². The van der Waals surface area contributed by atoms with Crippen molar-refractivity contribution in [2.45, 2.75) is 46.1 Å². The molecule has 1 heterocycles. The molecule has 0 spiro atoms. The van der Waals surface area contributed by atoms with Gasteiger partial charge in [-0.1, -0.05) is 26.3 Å². The zero-order chi connectivity index (χ0) is 11.1. The highest BCUT2D eigenvalue weighted by Gasteiger charge is 2.08. The zero-order valence-corrected chi connectivity index (χ0v) is 10.4. The summed E-state index contributed by atoms with van der Waals surface area (Å²) < 4.78 is 5.41. The lowest BCUT2D eigenvalue weighted by molar-refractivity contribution is 0.148. The minimum absolute atomic E-state index is 0.614. The standard InChI is InChI=1S/C13H25NO/c1-4-11(2)8-12(3)14-9-13-6-5-7-15-10-13/h6,11-12,14H,4-5,7-10H2,1-3H3. The van der Waals surface area contributed by atoms with E-state index in [4.69, 9.17) is 4.74 Å². The third-order valence-corrected chi connectivity index (χ3v) is 3.11. The molecule has 1 rings (SSSR count). The maximum absolute atomic E-state index is 5.41. The molecule has 0 fully saturated rings. The van der Waals surface area contributed by atoms with Crippen LogP contribution in [0.1, 0.15) is 40.0 Å². The SMILES string of the molecule is CCC(C)CC(C)NCC1=CCCOC1. The summed E-state index contributed by atoms with van der Waals surface area (Å²) in [6.07, 6.45) is 5.94. The molecule has 0 saturated heterocycles. The maximum Gasteiger partial charge on any atom is 0.0689 e. The van der Waals surface area contributed by atoms with E-state index in [2.05, 4.69) is 32.2 Å². The van der Waals surface area contributed by atoms with Crippen molar-refractivity contribution in [1.29, 1.82) is 0 Å². The molecule has 0 aromatic heterocycles. The van der Waals surface area contributed by atoms with E-state index >= 15 is 0 Å². The van der Waals surface area contributed by atoms with E-state index in [9.17, 15) is 0 Å². The highest BCUT2D eigenvalue weighted by Crippen LogP contribution is 2.10. The second kappa shape index (κ2) is 7.02. The molecule has 1 aliphatic heterocycles. The van der Waals surface area contributed by atoms with Crippen molar-refractivity contribution >= 4 is 0 Å². The Labute approximate surface area is 94.1 Å². The molecule has 2 unspecified atom stereocenters. The van der Waals surface area contributed by atoms with E-state index in [1.807, 2.05) is 0 Å². The predicted molar refractivity (Wildman–Crippen MR) is 65.1 cm³/mol. The van der Waals surface area contributed by atoms with Crippen molar-refractivity contribution in [3.05, 3.63) is 11.6 Å². The summed E-state index contributed by atoms with van der Waals surface area (Å²) in [4.78, 5) is 0. The molecule has 2 atom stereocenters. The van der Waals surface area contributed by atoms with E-state index in [1.54, 1.807) is 0 Å². The number of ether oxygens (including phenoxy) is 1. The molecule has 2 nitrogen and oxygen atoms in total. The molecule has 88 valence electrons. The highest BCUT2D eigenvalue weighted by molar-refractivity contribution is 5.06. The van der Waals surface area contributed by atoms with E-state index in [0.29, 0.717) is 6.04 Å². The van der Waals surface area contributed by atoms with Crippen LogP contribution in [0.5, 0.6) is 0 Å². The Morgan fingerprint density at radius 1 is 1.47 bits per heavy atom. The number of nitrogens with one attached hydrogen (secondary N) is 1. The first-order valence-electron chi connectivity index (χ1n) is 6.21. The topological polar surface area (TPSA) is 21.3 Å². The van der Waals surface area contributed by atoms with Crippen LogP contribution in [0.15, 0.2) is 11.6 Å². The van der Waals surface area contributed by atoms with Gasteiger partial charge >= 0.3 is 0 Å². The molecule has 0 aromatic rings. The van der Waals surface area contributed by atoms with Crippen LogP contribution in [0.3, 0.4) is 0 Å². The Bertz CT molecular complexity index is 201. The lowest BCUT2D eigenvalue weighted by Gasteiger charge is -2.20. The van der Waals surface area contributed by atoms with E-state index in [0.717, 1.165) is 32.1 Å². The summed E-state index contributed by atoms with van der Waals surface area (Å²) in [6, 6.07) is 0.614. The monoisotopic (exact) mass is 211 g/mol. The van der Waals surface area contributed by atoms with Crippen LogP contribution in [0, 0.1) is 5.92 Å². The van der Waals surface area contributed by atoms with Crippen molar-refractivity contribution in [2.75, 3.05) is 19.8 Å². The van der Waals surface area contributed by atoms with Gasteiger partial charge in [0.25, 0.3) is 0 Å². The van der Waals surface area contributed by atoms with Crippen LogP contribution in [0.25, 0.3) is 0 Å². The van der Waals surface area contributed by atoms with Gasteiger partial charge in [-0.25, -0.2) is 0 Å². The highest BCUT2D eigenvalue weighted by atomic mass is 16.5. The van der Waals surface area contributed by atoms with Gasteiger partial charge in [0.1, 0.15) is 0 Å². The Balaban J connectivity index is 2.15. The second-order valence-corrected chi connectivity index (χ2v) is 4.73. The first-order chi connectivity index (χ1) is 7.22. The molecule has 0 aromatic carbocycles. The van der Waals surface area contributed by atoms with E-state index < -0.39 is 0 Å². The van der Waals surface area contributed by atoms with Gasteiger partial charge in [0.2, 0.25) is 0 Å². The molecule has 0 aliphatic carbocycles. The van der Waals surface area contributed by atoms with Crippen LogP contribution in [0.4, 0.5) is 0 Å². The van der Waals surface area contributed by atoms with E-state index in [-0.39, 0.29) is 0 Å². The third-order valence-electron chi connectivity index (χ3n) is 3.11. The largest absolute Gasteiger partial charge is 0.377 e. The molecule has 0 radical (unpaired) electrons. The fourth-order valence-corrected chi connectivity index (χ4v) is 1.89. The maximum atomic E-state index is 5.41. The lowest BCUT2D eigenvalue weighted by atomic mass is 10.0. The summed E-state index contributed by atoms with van der Waals surface area (Å²) in [6.45, 7) is 9.57. The van der Waals surface area contributed by atoms with Gasteiger partial charge in [0.05, 0.1) is 13.2 Å². The van der Waals surface area contributed by atoms with Crippen molar-refractivity contribution in [2.24, 2.45) is 5.92 Å². The van der Waals surface area contributed by atoms with Crippen molar-refractivity contribution in [1.82, 2.24) is 5.32 Å². The molecular formula is C13H25NO.